The number of H-pyrrole nitrogens is 1. The van der Waals surface area contributed by atoms with Crippen LogP contribution in [0.2, 0.25) is 0 Å². The largest absolute Gasteiger partial charge is 0.467 e. The van der Waals surface area contributed by atoms with Gasteiger partial charge in [-0.3, -0.25) is 9.69 Å². The van der Waals surface area contributed by atoms with Gasteiger partial charge in [-0.15, -0.1) is 5.10 Å². The first kappa shape index (κ1) is 24.4. The standard InChI is InChI=1S/C28H36N6O2/c1-4-9-26(27-30-31-32-34(27)18-23-12-8-13-36-23)33(22-10-6-5-7-11-22)17-21-16-24-20(3)14-19(2)15-25(24)29-28(21)35/h8,12-16,22,26H,4-7,9-11,17-18H2,1-3H3,(H,29,35)/t26-/m1/s1. The lowest BCUT2D eigenvalue weighted by molar-refractivity contribution is 0.0811. The van der Waals surface area contributed by atoms with E-state index in [0.29, 0.717) is 19.1 Å². The van der Waals surface area contributed by atoms with Crippen molar-refractivity contribution in [3.63, 3.8) is 0 Å². The van der Waals surface area contributed by atoms with E-state index in [9.17, 15) is 4.79 Å². The summed E-state index contributed by atoms with van der Waals surface area (Å²) in [6.07, 6.45) is 9.54. The highest BCUT2D eigenvalue weighted by Gasteiger charge is 2.32. The predicted molar refractivity (Wildman–Crippen MR) is 140 cm³/mol. The van der Waals surface area contributed by atoms with Crippen LogP contribution >= 0.6 is 0 Å². The van der Waals surface area contributed by atoms with E-state index in [1.54, 1.807) is 6.26 Å². The van der Waals surface area contributed by atoms with Crippen molar-refractivity contribution in [3.8, 4) is 0 Å². The molecule has 1 saturated carbocycles. The van der Waals surface area contributed by atoms with Gasteiger partial charge in [0.2, 0.25) is 0 Å². The van der Waals surface area contributed by atoms with E-state index in [1.165, 1.54) is 24.8 Å². The molecule has 8 heteroatoms. The zero-order chi connectivity index (χ0) is 25.1. The number of rotatable bonds is 9. The van der Waals surface area contributed by atoms with Crippen LogP contribution in [0, 0.1) is 13.8 Å². The summed E-state index contributed by atoms with van der Waals surface area (Å²) in [6, 6.07) is 10.5. The molecule has 190 valence electrons. The molecule has 1 aliphatic carbocycles. The Kier molecular flexibility index (Phi) is 7.32. The Hall–Kier alpha value is -3.26. The zero-order valence-corrected chi connectivity index (χ0v) is 21.5. The SMILES string of the molecule is CCC[C@H](c1nnnn1Cc1ccco1)N(Cc1cc2c(C)cc(C)cc2[nH]c1=O)C1CCCCC1. The average molecular weight is 489 g/mol. The molecule has 0 saturated heterocycles. The Bertz CT molecular complexity index is 1350. The maximum Gasteiger partial charge on any atom is 0.252 e. The van der Waals surface area contributed by atoms with Crippen LogP contribution < -0.4 is 5.56 Å². The first-order valence-electron chi connectivity index (χ1n) is 13.2. The van der Waals surface area contributed by atoms with Crippen LogP contribution in [0.1, 0.15) is 86.2 Å². The van der Waals surface area contributed by atoms with Gasteiger partial charge in [0.1, 0.15) is 12.3 Å². The van der Waals surface area contributed by atoms with Crippen molar-refractivity contribution in [2.45, 2.75) is 90.9 Å². The Morgan fingerprint density at radius 1 is 1.19 bits per heavy atom. The average Bonchev–Trinajstić information content (AvgIpc) is 3.55. The summed E-state index contributed by atoms with van der Waals surface area (Å²) in [5.74, 6) is 1.66. The molecule has 0 spiro atoms. The molecule has 5 rings (SSSR count). The number of pyridine rings is 1. The number of nitrogens with zero attached hydrogens (tertiary/aromatic N) is 5. The van der Waals surface area contributed by atoms with Crippen LogP contribution in [0.4, 0.5) is 0 Å². The molecule has 0 unspecified atom stereocenters. The number of tetrazole rings is 1. The molecule has 1 aliphatic rings. The second-order valence-corrected chi connectivity index (χ2v) is 10.2. The fraction of sp³-hybridized carbons (Fsp3) is 0.500. The van der Waals surface area contributed by atoms with Crippen LogP contribution in [0.15, 0.2) is 45.8 Å². The predicted octanol–water partition coefficient (Wildman–Crippen LogP) is 5.45. The maximum absolute atomic E-state index is 13.3. The van der Waals surface area contributed by atoms with Crippen molar-refractivity contribution < 1.29 is 4.42 Å². The van der Waals surface area contributed by atoms with Gasteiger partial charge in [-0.05, 0) is 78.9 Å². The number of nitrogens with one attached hydrogen (secondary N) is 1. The lowest BCUT2D eigenvalue weighted by Crippen LogP contribution is -2.41. The van der Waals surface area contributed by atoms with Crippen LogP contribution in [0.25, 0.3) is 10.9 Å². The first-order valence-corrected chi connectivity index (χ1v) is 13.2. The van der Waals surface area contributed by atoms with E-state index in [0.717, 1.165) is 59.3 Å². The molecule has 1 atom stereocenters. The number of fused-ring (bicyclic) bond motifs is 1. The van der Waals surface area contributed by atoms with Crippen LogP contribution in [-0.4, -0.2) is 36.1 Å². The molecular weight excluding hydrogens is 452 g/mol. The summed E-state index contributed by atoms with van der Waals surface area (Å²) < 4.78 is 7.43. The second-order valence-electron chi connectivity index (χ2n) is 10.2. The molecule has 0 aliphatic heterocycles. The summed E-state index contributed by atoms with van der Waals surface area (Å²) in [4.78, 5) is 18.9. The van der Waals surface area contributed by atoms with Gasteiger partial charge in [-0.1, -0.05) is 38.7 Å². The van der Waals surface area contributed by atoms with Gasteiger partial charge >= 0.3 is 0 Å². The van der Waals surface area contributed by atoms with Crippen molar-refractivity contribution in [1.29, 1.82) is 0 Å². The smallest absolute Gasteiger partial charge is 0.252 e. The highest BCUT2D eigenvalue weighted by atomic mass is 16.3. The Morgan fingerprint density at radius 3 is 2.78 bits per heavy atom. The van der Waals surface area contributed by atoms with Crippen LogP contribution in [0.3, 0.4) is 0 Å². The van der Waals surface area contributed by atoms with E-state index in [4.69, 9.17) is 4.42 Å². The fourth-order valence-electron chi connectivity index (χ4n) is 5.77. The third-order valence-corrected chi connectivity index (χ3v) is 7.49. The summed E-state index contributed by atoms with van der Waals surface area (Å²) in [6.45, 7) is 7.43. The molecule has 0 bridgehead atoms. The molecule has 0 amide bonds. The van der Waals surface area contributed by atoms with Gasteiger partial charge in [0.25, 0.3) is 5.56 Å². The number of hydrogen-bond acceptors (Lipinski definition) is 6. The molecular formula is C28H36N6O2. The fourth-order valence-corrected chi connectivity index (χ4v) is 5.77. The number of aromatic nitrogens is 5. The third-order valence-electron chi connectivity index (χ3n) is 7.49. The van der Waals surface area contributed by atoms with Crippen molar-refractivity contribution >= 4 is 10.9 Å². The molecule has 8 nitrogen and oxygen atoms in total. The Morgan fingerprint density at radius 2 is 2.03 bits per heavy atom. The van der Waals surface area contributed by atoms with Gasteiger partial charge in [-0.25, -0.2) is 4.68 Å². The number of furan rings is 1. The van der Waals surface area contributed by atoms with Crippen molar-refractivity contribution in [2.75, 3.05) is 0 Å². The number of aryl methyl sites for hydroxylation is 2. The van der Waals surface area contributed by atoms with Crippen molar-refractivity contribution in [3.05, 3.63) is 75.2 Å². The molecule has 3 aromatic heterocycles. The van der Waals surface area contributed by atoms with Gasteiger partial charge < -0.3 is 9.40 Å². The molecule has 1 N–H and O–H groups in total. The highest BCUT2D eigenvalue weighted by molar-refractivity contribution is 5.83. The lowest BCUT2D eigenvalue weighted by atomic mass is 9.91. The monoisotopic (exact) mass is 488 g/mol. The molecule has 3 heterocycles. The maximum atomic E-state index is 13.3. The number of aromatic amines is 1. The Balaban J connectivity index is 1.54. The van der Waals surface area contributed by atoms with Crippen LogP contribution in [0.5, 0.6) is 0 Å². The molecule has 36 heavy (non-hydrogen) atoms. The minimum Gasteiger partial charge on any atom is -0.467 e. The first-order chi connectivity index (χ1) is 17.5. The van der Waals surface area contributed by atoms with Gasteiger partial charge in [0, 0.05) is 29.1 Å². The lowest BCUT2D eigenvalue weighted by Gasteiger charge is -2.39. The molecule has 1 fully saturated rings. The topological polar surface area (TPSA) is 92.8 Å². The van der Waals surface area contributed by atoms with Crippen molar-refractivity contribution in [2.24, 2.45) is 0 Å². The second kappa shape index (κ2) is 10.8. The highest BCUT2D eigenvalue weighted by Crippen LogP contribution is 2.34. The molecule has 4 aromatic rings. The summed E-state index contributed by atoms with van der Waals surface area (Å²) in [5, 5.41) is 14.0. The number of benzene rings is 1. The van der Waals surface area contributed by atoms with E-state index in [-0.39, 0.29) is 11.6 Å². The van der Waals surface area contributed by atoms with E-state index in [2.05, 4.69) is 64.4 Å². The van der Waals surface area contributed by atoms with E-state index < -0.39 is 0 Å². The van der Waals surface area contributed by atoms with Gasteiger partial charge in [-0.2, -0.15) is 0 Å². The van der Waals surface area contributed by atoms with E-state index >= 15 is 0 Å². The summed E-state index contributed by atoms with van der Waals surface area (Å²) in [7, 11) is 0. The third kappa shape index (κ3) is 5.14. The van der Waals surface area contributed by atoms with Gasteiger partial charge in [0.15, 0.2) is 5.82 Å². The Labute approximate surface area is 211 Å². The summed E-state index contributed by atoms with van der Waals surface area (Å²) >= 11 is 0. The zero-order valence-electron chi connectivity index (χ0n) is 21.5. The normalized spacial score (nSPS) is 15.7. The summed E-state index contributed by atoms with van der Waals surface area (Å²) in [5.41, 5.74) is 4.01. The number of hydrogen-bond donors (Lipinski definition) is 1. The molecule has 0 radical (unpaired) electrons. The van der Waals surface area contributed by atoms with Gasteiger partial charge in [0.05, 0.1) is 12.3 Å². The van der Waals surface area contributed by atoms with E-state index in [1.807, 2.05) is 16.8 Å². The van der Waals surface area contributed by atoms with Crippen molar-refractivity contribution in [1.82, 2.24) is 30.1 Å². The minimum atomic E-state index is -0.0151. The molecule has 1 aromatic carbocycles. The quantitative estimate of drug-likeness (QED) is 0.337. The minimum absolute atomic E-state index is 0.0114. The van der Waals surface area contributed by atoms with Crippen LogP contribution in [-0.2, 0) is 13.1 Å².